The van der Waals surface area contributed by atoms with E-state index in [4.69, 9.17) is 4.74 Å². The van der Waals surface area contributed by atoms with E-state index in [-0.39, 0.29) is 11.0 Å². The average molecular weight is 315 g/mol. The smallest absolute Gasteiger partial charge is 0.240 e. The van der Waals surface area contributed by atoms with Crippen LogP contribution in [0, 0.1) is 0 Å². The largest absolute Gasteiger partial charge is 0.389 e. The lowest BCUT2D eigenvalue weighted by atomic mass is 10.1. The number of aliphatic hydroxyl groups is 1. The maximum atomic E-state index is 12.0. The highest BCUT2D eigenvalue weighted by Gasteiger charge is 2.13. The highest BCUT2D eigenvalue weighted by atomic mass is 32.2. The number of benzene rings is 1. The molecule has 0 aliphatic carbocycles. The fourth-order valence-electron chi connectivity index (χ4n) is 1.76. The Morgan fingerprint density at radius 1 is 1.14 bits per heavy atom. The van der Waals surface area contributed by atoms with Gasteiger partial charge >= 0.3 is 0 Å². The number of nitrogens with one attached hydrogen (secondary N) is 1. The molecule has 0 fully saturated rings. The second-order valence-corrected chi connectivity index (χ2v) is 7.04. The molecule has 1 aromatic carbocycles. The topological polar surface area (TPSA) is 75.6 Å². The summed E-state index contributed by atoms with van der Waals surface area (Å²) in [5.41, 5.74) is 0.694. The molecule has 0 radical (unpaired) electrons. The molecule has 6 heteroatoms. The molecule has 1 rings (SSSR count). The monoisotopic (exact) mass is 315 g/mol. The third-order valence-electron chi connectivity index (χ3n) is 2.99. The van der Waals surface area contributed by atoms with E-state index >= 15 is 0 Å². The van der Waals surface area contributed by atoms with Gasteiger partial charge in [0.05, 0.1) is 17.1 Å². The minimum absolute atomic E-state index is 0.203. The van der Waals surface area contributed by atoms with Gasteiger partial charge in [0.1, 0.15) is 0 Å². The minimum Gasteiger partial charge on any atom is -0.389 e. The summed E-state index contributed by atoms with van der Waals surface area (Å²) >= 11 is 0. The van der Waals surface area contributed by atoms with Crippen LogP contribution in [0.5, 0.6) is 0 Å². The van der Waals surface area contributed by atoms with Gasteiger partial charge in [0.25, 0.3) is 0 Å². The molecule has 5 nitrogen and oxygen atoms in total. The van der Waals surface area contributed by atoms with E-state index in [0.717, 1.165) is 12.8 Å². The number of rotatable bonds is 9. The van der Waals surface area contributed by atoms with Gasteiger partial charge in [0.2, 0.25) is 10.0 Å². The van der Waals surface area contributed by atoms with Gasteiger partial charge in [0, 0.05) is 13.2 Å². The lowest BCUT2D eigenvalue weighted by Crippen LogP contribution is -2.25. The zero-order valence-corrected chi connectivity index (χ0v) is 13.7. The van der Waals surface area contributed by atoms with Crippen molar-refractivity contribution in [2.75, 3.05) is 13.2 Å². The van der Waals surface area contributed by atoms with Gasteiger partial charge in [-0.1, -0.05) is 12.1 Å². The van der Waals surface area contributed by atoms with Crippen LogP contribution in [0.25, 0.3) is 0 Å². The van der Waals surface area contributed by atoms with Crippen molar-refractivity contribution in [3.05, 3.63) is 29.8 Å². The molecular weight excluding hydrogens is 290 g/mol. The fraction of sp³-hybridized carbons (Fsp3) is 0.600. The highest BCUT2D eigenvalue weighted by molar-refractivity contribution is 7.89. The van der Waals surface area contributed by atoms with Gasteiger partial charge in [-0.2, -0.15) is 0 Å². The molecule has 0 aliphatic rings. The van der Waals surface area contributed by atoms with Crippen LogP contribution >= 0.6 is 0 Å². The average Bonchev–Trinajstić information content (AvgIpc) is 2.42. The first-order chi connectivity index (χ1) is 9.83. The van der Waals surface area contributed by atoms with E-state index in [1.807, 2.05) is 13.8 Å². The Hall–Kier alpha value is -0.950. The first-order valence-corrected chi connectivity index (χ1v) is 8.70. The van der Waals surface area contributed by atoms with E-state index in [1.54, 1.807) is 19.1 Å². The predicted molar refractivity (Wildman–Crippen MR) is 82.6 cm³/mol. The third-order valence-corrected chi connectivity index (χ3v) is 4.46. The van der Waals surface area contributed by atoms with Crippen LogP contribution in [-0.2, 0) is 14.8 Å². The normalized spacial score (nSPS) is 13.6. The Morgan fingerprint density at radius 3 is 2.29 bits per heavy atom. The van der Waals surface area contributed by atoms with Gasteiger partial charge in [0.15, 0.2) is 0 Å². The molecule has 1 aromatic rings. The molecule has 1 atom stereocenters. The van der Waals surface area contributed by atoms with Crippen LogP contribution in [0.3, 0.4) is 0 Å². The number of aliphatic hydroxyl groups excluding tert-OH is 1. The first-order valence-electron chi connectivity index (χ1n) is 7.22. The number of sulfonamides is 1. The summed E-state index contributed by atoms with van der Waals surface area (Å²) in [4.78, 5) is 0.213. The van der Waals surface area contributed by atoms with Crippen molar-refractivity contribution >= 4 is 10.0 Å². The molecule has 0 amide bonds. The van der Waals surface area contributed by atoms with Crippen LogP contribution in [-0.4, -0.2) is 32.8 Å². The molecule has 21 heavy (non-hydrogen) atoms. The van der Waals surface area contributed by atoms with Crippen LogP contribution in [0.2, 0.25) is 0 Å². The molecule has 0 aromatic heterocycles. The second-order valence-electron chi connectivity index (χ2n) is 5.27. The van der Waals surface area contributed by atoms with Crippen molar-refractivity contribution in [3.63, 3.8) is 0 Å². The highest BCUT2D eigenvalue weighted by Crippen LogP contribution is 2.15. The molecule has 120 valence electrons. The summed E-state index contributed by atoms with van der Waals surface area (Å²) in [5, 5.41) is 9.40. The maximum Gasteiger partial charge on any atom is 0.240 e. The van der Waals surface area contributed by atoms with Crippen molar-refractivity contribution in [1.29, 1.82) is 0 Å². The molecule has 0 saturated heterocycles. The fourth-order valence-corrected chi connectivity index (χ4v) is 2.84. The van der Waals surface area contributed by atoms with Crippen LogP contribution in [0.1, 0.15) is 45.3 Å². The summed E-state index contributed by atoms with van der Waals surface area (Å²) < 4.78 is 32.1. The molecule has 0 aliphatic heterocycles. The summed E-state index contributed by atoms with van der Waals surface area (Å²) in [6, 6.07) is 6.25. The van der Waals surface area contributed by atoms with E-state index < -0.39 is 16.1 Å². The molecule has 1 unspecified atom stereocenters. The Labute approximate surface area is 127 Å². The number of hydrogen-bond donors (Lipinski definition) is 2. The Kier molecular flexibility index (Phi) is 7.31. The molecular formula is C15H25NO4S. The standard InChI is InChI=1S/C15H25NO4S/c1-12(2)20-11-5-4-10-16-21(18,19)15-8-6-14(7-9-15)13(3)17/h6-9,12-13,16-17H,4-5,10-11H2,1-3H3. The number of hydrogen-bond acceptors (Lipinski definition) is 4. The summed E-state index contributed by atoms with van der Waals surface area (Å²) in [7, 11) is -3.48. The van der Waals surface area contributed by atoms with E-state index in [0.29, 0.717) is 18.7 Å². The van der Waals surface area contributed by atoms with Crippen LogP contribution in [0.4, 0.5) is 0 Å². The number of unbranched alkanes of at least 4 members (excludes halogenated alkanes) is 1. The van der Waals surface area contributed by atoms with Crippen molar-refractivity contribution in [2.24, 2.45) is 0 Å². The van der Waals surface area contributed by atoms with Gasteiger partial charge in [-0.25, -0.2) is 13.1 Å². The first kappa shape index (κ1) is 18.1. The van der Waals surface area contributed by atoms with E-state index in [1.165, 1.54) is 12.1 Å². The predicted octanol–water partition coefficient (Wildman–Crippen LogP) is 2.22. The second kappa shape index (κ2) is 8.48. The number of ether oxygens (including phenoxy) is 1. The van der Waals surface area contributed by atoms with Crippen molar-refractivity contribution in [1.82, 2.24) is 4.72 Å². The zero-order chi connectivity index (χ0) is 15.9. The third kappa shape index (κ3) is 6.56. The summed E-state index contributed by atoms with van der Waals surface area (Å²) in [6.45, 7) is 6.62. The van der Waals surface area contributed by atoms with Gasteiger partial charge in [-0.05, 0) is 51.3 Å². The van der Waals surface area contributed by atoms with Crippen LogP contribution < -0.4 is 4.72 Å². The van der Waals surface area contributed by atoms with E-state index in [9.17, 15) is 13.5 Å². The maximum absolute atomic E-state index is 12.0. The quantitative estimate of drug-likeness (QED) is 0.685. The van der Waals surface area contributed by atoms with Gasteiger partial charge in [-0.3, -0.25) is 0 Å². The van der Waals surface area contributed by atoms with Crippen molar-refractivity contribution in [3.8, 4) is 0 Å². The summed E-state index contributed by atoms with van der Waals surface area (Å²) in [5.74, 6) is 0. The molecule has 0 saturated carbocycles. The van der Waals surface area contributed by atoms with Crippen molar-refractivity contribution in [2.45, 2.75) is 50.7 Å². The van der Waals surface area contributed by atoms with Crippen molar-refractivity contribution < 1.29 is 18.3 Å². The lowest BCUT2D eigenvalue weighted by Gasteiger charge is -2.09. The van der Waals surface area contributed by atoms with Gasteiger partial charge in [-0.15, -0.1) is 0 Å². The van der Waals surface area contributed by atoms with E-state index in [2.05, 4.69) is 4.72 Å². The molecule has 0 spiro atoms. The minimum atomic E-state index is -3.48. The zero-order valence-electron chi connectivity index (χ0n) is 12.9. The SMILES string of the molecule is CC(C)OCCCCNS(=O)(=O)c1ccc(C(C)O)cc1. The van der Waals surface area contributed by atoms with Gasteiger partial charge < -0.3 is 9.84 Å². The van der Waals surface area contributed by atoms with Crippen LogP contribution in [0.15, 0.2) is 29.2 Å². The Bertz CT molecular complexity index is 509. The molecule has 2 N–H and O–H groups in total. The Balaban J connectivity index is 2.43. The Morgan fingerprint density at radius 2 is 1.76 bits per heavy atom. The molecule has 0 heterocycles. The lowest BCUT2D eigenvalue weighted by molar-refractivity contribution is 0.0762. The molecule has 0 bridgehead atoms. The summed E-state index contributed by atoms with van der Waals surface area (Å²) in [6.07, 6.45) is 1.16.